The molecule has 0 aliphatic carbocycles. The van der Waals surface area contributed by atoms with Crippen LogP contribution in [0.1, 0.15) is 21.5 Å². The average molecular weight is 373 g/mol. The molecule has 1 saturated heterocycles. The number of carbonyl (C=O) groups excluding carboxylic acids is 1. The molecule has 0 spiro atoms. The van der Waals surface area contributed by atoms with E-state index in [4.69, 9.17) is 0 Å². The molecule has 2 aromatic carbocycles. The predicted molar refractivity (Wildman–Crippen MR) is 110 cm³/mol. The summed E-state index contributed by atoms with van der Waals surface area (Å²) in [5, 5.41) is 0.670. The SMILES string of the molecule is O=C(c1cn2c3c(cccc3c1=O)CC2)N1CCN(Cc2ccccc2)CC1. The maximum Gasteiger partial charge on any atom is 0.259 e. The maximum absolute atomic E-state index is 13.1. The topological polar surface area (TPSA) is 45.6 Å². The van der Waals surface area contributed by atoms with E-state index < -0.39 is 0 Å². The molecule has 5 heteroatoms. The fourth-order valence-corrected chi connectivity index (χ4v) is 4.43. The molecular weight excluding hydrogens is 350 g/mol. The van der Waals surface area contributed by atoms with Crippen LogP contribution in [0.5, 0.6) is 0 Å². The first-order valence-corrected chi connectivity index (χ1v) is 9.91. The van der Waals surface area contributed by atoms with E-state index in [1.54, 1.807) is 6.20 Å². The van der Waals surface area contributed by atoms with Gasteiger partial charge in [0.2, 0.25) is 5.43 Å². The number of para-hydroxylation sites is 1. The highest BCUT2D eigenvalue weighted by molar-refractivity contribution is 5.98. The minimum Gasteiger partial charge on any atom is -0.346 e. The number of amides is 1. The monoisotopic (exact) mass is 373 g/mol. The molecule has 5 rings (SSSR count). The predicted octanol–water partition coefficient (Wildman–Crippen LogP) is 2.52. The summed E-state index contributed by atoms with van der Waals surface area (Å²) in [5.74, 6) is -0.132. The van der Waals surface area contributed by atoms with Crippen LogP contribution in [0.2, 0.25) is 0 Å². The Morgan fingerprint density at radius 2 is 1.68 bits per heavy atom. The Labute approximate surface area is 163 Å². The third-order valence-corrected chi connectivity index (χ3v) is 5.94. The number of rotatable bonds is 3. The summed E-state index contributed by atoms with van der Waals surface area (Å²) in [6, 6.07) is 16.2. The van der Waals surface area contributed by atoms with Gasteiger partial charge in [0.15, 0.2) is 0 Å². The first-order chi connectivity index (χ1) is 13.7. The van der Waals surface area contributed by atoms with Gasteiger partial charge in [-0.15, -0.1) is 0 Å². The summed E-state index contributed by atoms with van der Waals surface area (Å²) in [5.41, 5.74) is 3.66. The minimum atomic E-state index is -0.133. The number of aromatic nitrogens is 1. The summed E-state index contributed by atoms with van der Waals surface area (Å²) in [6.07, 6.45) is 2.70. The van der Waals surface area contributed by atoms with Crippen LogP contribution >= 0.6 is 0 Å². The number of hydrogen-bond donors (Lipinski definition) is 0. The fourth-order valence-electron chi connectivity index (χ4n) is 4.43. The second kappa shape index (κ2) is 6.91. The fraction of sp³-hybridized carbons (Fsp3) is 0.304. The molecule has 0 unspecified atom stereocenters. The number of benzene rings is 2. The molecule has 1 fully saturated rings. The molecule has 0 radical (unpaired) electrons. The van der Waals surface area contributed by atoms with E-state index in [1.807, 2.05) is 23.1 Å². The van der Waals surface area contributed by atoms with Crippen molar-refractivity contribution in [3.05, 3.63) is 81.6 Å². The third kappa shape index (κ3) is 2.92. The van der Waals surface area contributed by atoms with Gasteiger partial charge in [0, 0.05) is 50.9 Å². The third-order valence-electron chi connectivity index (χ3n) is 5.94. The van der Waals surface area contributed by atoms with Crippen molar-refractivity contribution in [3.8, 4) is 0 Å². The second-order valence-corrected chi connectivity index (χ2v) is 7.68. The number of piperazine rings is 1. The van der Waals surface area contributed by atoms with Gasteiger partial charge in [0.1, 0.15) is 5.56 Å². The van der Waals surface area contributed by atoms with E-state index in [0.29, 0.717) is 24.0 Å². The summed E-state index contributed by atoms with van der Waals surface area (Å²) in [6.45, 7) is 4.70. The Balaban J connectivity index is 1.34. The molecule has 0 atom stereocenters. The van der Waals surface area contributed by atoms with E-state index in [2.05, 4.69) is 39.8 Å². The number of aryl methyl sites for hydroxylation is 2. The molecule has 5 nitrogen and oxygen atoms in total. The van der Waals surface area contributed by atoms with Gasteiger partial charge in [-0.25, -0.2) is 0 Å². The van der Waals surface area contributed by atoms with Crippen LogP contribution in [0.15, 0.2) is 59.5 Å². The number of nitrogens with zero attached hydrogens (tertiary/aromatic N) is 3. The zero-order chi connectivity index (χ0) is 19.1. The first-order valence-electron chi connectivity index (χ1n) is 9.91. The number of hydrogen-bond acceptors (Lipinski definition) is 3. The minimum absolute atomic E-state index is 0.132. The molecule has 28 heavy (non-hydrogen) atoms. The van der Waals surface area contributed by atoms with Gasteiger partial charge < -0.3 is 9.47 Å². The van der Waals surface area contributed by atoms with Crippen LogP contribution in [-0.4, -0.2) is 46.5 Å². The van der Waals surface area contributed by atoms with Crippen molar-refractivity contribution in [3.63, 3.8) is 0 Å². The largest absolute Gasteiger partial charge is 0.346 e. The highest BCUT2D eigenvalue weighted by atomic mass is 16.2. The quantitative estimate of drug-likeness (QED) is 0.709. The normalized spacial score (nSPS) is 16.6. The maximum atomic E-state index is 13.1. The average Bonchev–Trinajstić information content (AvgIpc) is 3.15. The van der Waals surface area contributed by atoms with Crippen LogP contribution < -0.4 is 5.43 Å². The van der Waals surface area contributed by atoms with Crippen molar-refractivity contribution in [1.82, 2.24) is 14.4 Å². The molecule has 0 N–H and O–H groups in total. The van der Waals surface area contributed by atoms with Crippen molar-refractivity contribution in [2.45, 2.75) is 19.5 Å². The lowest BCUT2D eigenvalue weighted by Crippen LogP contribution is -2.49. The van der Waals surface area contributed by atoms with Crippen molar-refractivity contribution >= 4 is 16.8 Å². The summed E-state index contributed by atoms with van der Waals surface area (Å²) in [4.78, 5) is 30.3. The second-order valence-electron chi connectivity index (χ2n) is 7.68. The van der Waals surface area contributed by atoms with E-state index in [1.165, 1.54) is 11.1 Å². The van der Waals surface area contributed by atoms with Gasteiger partial charge in [0.05, 0.1) is 5.52 Å². The molecule has 2 aliphatic rings. The molecule has 0 saturated carbocycles. The number of carbonyl (C=O) groups is 1. The zero-order valence-electron chi connectivity index (χ0n) is 15.8. The van der Waals surface area contributed by atoms with Crippen LogP contribution in [-0.2, 0) is 19.5 Å². The van der Waals surface area contributed by atoms with Crippen molar-refractivity contribution < 1.29 is 4.79 Å². The summed E-state index contributed by atoms with van der Waals surface area (Å²) < 4.78 is 2.07. The highest BCUT2D eigenvalue weighted by Crippen LogP contribution is 2.24. The molecule has 2 aliphatic heterocycles. The summed E-state index contributed by atoms with van der Waals surface area (Å²) >= 11 is 0. The van der Waals surface area contributed by atoms with Gasteiger partial charge in [-0.3, -0.25) is 14.5 Å². The Morgan fingerprint density at radius 1 is 0.893 bits per heavy atom. The van der Waals surface area contributed by atoms with Crippen LogP contribution in [0, 0.1) is 0 Å². The Morgan fingerprint density at radius 3 is 2.46 bits per heavy atom. The molecule has 142 valence electrons. The van der Waals surface area contributed by atoms with Crippen LogP contribution in [0.4, 0.5) is 0 Å². The van der Waals surface area contributed by atoms with E-state index >= 15 is 0 Å². The molecule has 3 aromatic rings. The Bertz CT molecular complexity index is 1100. The molecular formula is C23H23N3O2. The Hall–Kier alpha value is -2.92. The van der Waals surface area contributed by atoms with Gasteiger partial charge >= 0.3 is 0 Å². The van der Waals surface area contributed by atoms with Gasteiger partial charge in [0.25, 0.3) is 5.91 Å². The smallest absolute Gasteiger partial charge is 0.259 e. The Kier molecular flexibility index (Phi) is 4.24. The lowest BCUT2D eigenvalue weighted by molar-refractivity contribution is 0.0626. The van der Waals surface area contributed by atoms with E-state index in [-0.39, 0.29) is 11.3 Å². The van der Waals surface area contributed by atoms with Crippen molar-refractivity contribution in [2.75, 3.05) is 26.2 Å². The van der Waals surface area contributed by atoms with Gasteiger partial charge in [-0.05, 0) is 23.6 Å². The van der Waals surface area contributed by atoms with E-state index in [9.17, 15) is 9.59 Å². The van der Waals surface area contributed by atoms with E-state index in [0.717, 1.165) is 38.1 Å². The standard InChI is InChI=1S/C23H23N3O2/c27-22-19-8-4-7-18-9-10-26(21(18)19)16-20(22)23(28)25-13-11-24(12-14-25)15-17-5-2-1-3-6-17/h1-8,16H,9-15H2. The van der Waals surface area contributed by atoms with Gasteiger partial charge in [-0.2, -0.15) is 0 Å². The van der Waals surface area contributed by atoms with Crippen molar-refractivity contribution in [1.29, 1.82) is 0 Å². The molecule has 0 bridgehead atoms. The first kappa shape index (κ1) is 17.2. The van der Waals surface area contributed by atoms with Crippen molar-refractivity contribution in [2.24, 2.45) is 0 Å². The molecule has 1 aromatic heterocycles. The lowest BCUT2D eigenvalue weighted by Gasteiger charge is -2.34. The summed E-state index contributed by atoms with van der Waals surface area (Å²) in [7, 11) is 0. The molecule has 1 amide bonds. The highest BCUT2D eigenvalue weighted by Gasteiger charge is 2.26. The molecule has 3 heterocycles. The number of pyridine rings is 1. The lowest BCUT2D eigenvalue weighted by atomic mass is 10.1. The zero-order valence-corrected chi connectivity index (χ0v) is 15.8. The van der Waals surface area contributed by atoms with Crippen LogP contribution in [0.3, 0.4) is 0 Å². The van der Waals surface area contributed by atoms with Crippen LogP contribution in [0.25, 0.3) is 10.9 Å². The van der Waals surface area contributed by atoms with Gasteiger partial charge in [-0.1, -0.05) is 42.5 Å².